The number of ketones is 1. The second-order valence-corrected chi connectivity index (χ2v) is 6.92. The smallest absolute Gasteiger partial charge is 0.326 e. The van der Waals surface area contributed by atoms with E-state index in [-0.39, 0.29) is 29.4 Å². The van der Waals surface area contributed by atoms with Crippen LogP contribution in [-0.4, -0.2) is 41.6 Å². The van der Waals surface area contributed by atoms with Gasteiger partial charge < -0.3 is 4.74 Å². The van der Waals surface area contributed by atoms with Crippen molar-refractivity contribution in [2.24, 2.45) is 11.8 Å². The van der Waals surface area contributed by atoms with Gasteiger partial charge in [-0.05, 0) is 25.0 Å². The van der Waals surface area contributed by atoms with E-state index in [2.05, 4.69) is 15.9 Å². The number of nitrogens with zero attached hydrogens (tertiary/aromatic N) is 1. The number of ether oxygens (including phenoxy) is 1. The standard InChI is InChI=1S/C18H16BrNO5/c19-12-7-5-11(6-8-12)15(21)10-25-16(22)9-20-17(23)13-3-1-2-4-14(13)18(20)24/h1-2,5-8,13-14H,3-4,9-10H2/t13-,14-/m1/s1. The molecule has 0 radical (unpaired) electrons. The number of hydrogen-bond acceptors (Lipinski definition) is 5. The Hall–Kier alpha value is -2.28. The van der Waals surface area contributed by atoms with Gasteiger partial charge in [-0.3, -0.25) is 24.1 Å². The fourth-order valence-electron chi connectivity index (χ4n) is 3.06. The maximum atomic E-state index is 12.3. The molecule has 7 heteroatoms. The van der Waals surface area contributed by atoms with Gasteiger partial charge in [0.05, 0.1) is 11.8 Å². The van der Waals surface area contributed by atoms with Crippen molar-refractivity contribution >= 4 is 39.5 Å². The Morgan fingerprint density at radius 3 is 2.16 bits per heavy atom. The van der Waals surface area contributed by atoms with E-state index in [1.165, 1.54) is 0 Å². The number of esters is 1. The molecule has 1 aromatic carbocycles. The number of imide groups is 1. The van der Waals surface area contributed by atoms with Crippen molar-refractivity contribution in [2.45, 2.75) is 12.8 Å². The van der Waals surface area contributed by atoms with E-state index in [4.69, 9.17) is 4.74 Å². The molecule has 2 amide bonds. The molecule has 3 rings (SSSR count). The van der Waals surface area contributed by atoms with Crippen LogP contribution >= 0.6 is 15.9 Å². The molecule has 0 spiro atoms. The lowest BCUT2D eigenvalue weighted by Crippen LogP contribution is -2.37. The van der Waals surface area contributed by atoms with Crippen molar-refractivity contribution < 1.29 is 23.9 Å². The first-order chi connectivity index (χ1) is 12.0. The quantitative estimate of drug-likeness (QED) is 0.324. The lowest BCUT2D eigenvalue weighted by Gasteiger charge is -2.14. The van der Waals surface area contributed by atoms with Crippen LogP contribution in [0.3, 0.4) is 0 Å². The molecule has 6 nitrogen and oxygen atoms in total. The number of likely N-dealkylation sites (tertiary alicyclic amines) is 1. The zero-order valence-electron chi connectivity index (χ0n) is 13.3. The van der Waals surface area contributed by atoms with Crippen LogP contribution < -0.4 is 0 Å². The molecule has 2 atom stereocenters. The van der Waals surface area contributed by atoms with E-state index in [1.54, 1.807) is 24.3 Å². The molecule has 2 aliphatic rings. The Morgan fingerprint density at radius 1 is 1.04 bits per heavy atom. The summed E-state index contributed by atoms with van der Waals surface area (Å²) in [5.41, 5.74) is 0.418. The van der Waals surface area contributed by atoms with Crippen LogP contribution in [-0.2, 0) is 19.1 Å². The normalized spacial score (nSPS) is 22.0. The molecule has 0 saturated carbocycles. The van der Waals surface area contributed by atoms with Gasteiger partial charge in [-0.25, -0.2) is 0 Å². The molecule has 25 heavy (non-hydrogen) atoms. The van der Waals surface area contributed by atoms with Crippen molar-refractivity contribution in [1.82, 2.24) is 4.90 Å². The van der Waals surface area contributed by atoms with Crippen molar-refractivity contribution in [3.8, 4) is 0 Å². The van der Waals surface area contributed by atoms with Crippen molar-refractivity contribution in [2.75, 3.05) is 13.2 Å². The molecule has 1 heterocycles. The molecule has 1 aliphatic heterocycles. The predicted octanol–water partition coefficient (Wildman–Crippen LogP) is 2.13. The van der Waals surface area contributed by atoms with Crippen LogP contribution in [0.4, 0.5) is 0 Å². The molecule has 1 aliphatic carbocycles. The second kappa shape index (κ2) is 7.31. The number of Topliss-reactive ketones (excluding diaryl/α,β-unsaturated/α-hetero) is 1. The minimum absolute atomic E-state index is 0.337. The van der Waals surface area contributed by atoms with Crippen LogP contribution in [0.25, 0.3) is 0 Å². The number of hydrogen-bond donors (Lipinski definition) is 0. The summed E-state index contributed by atoms with van der Waals surface area (Å²) in [5, 5.41) is 0. The summed E-state index contributed by atoms with van der Waals surface area (Å²) < 4.78 is 5.77. The maximum absolute atomic E-state index is 12.3. The first-order valence-corrected chi connectivity index (χ1v) is 8.71. The number of rotatable bonds is 5. The zero-order valence-corrected chi connectivity index (χ0v) is 14.9. The number of allylic oxidation sites excluding steroid dienone is 2. The van der Waals surface area contributed by atoms with Gasteiger partial charge in [0.2, 0.25) is 11.8 Å². The third-order valence-corrected chi connectivity index (χ3v) is 4.95. The summed E-state index contributed by atoms with van der Waals surface area (Å²) in [6, 6.07) is 6.66. The van der Waals surface area contributed by atoms with Crippen molar-refractivity contribution in [1.29, 1.82) is 0 Å². The lowest BCUT2D eigenvalue weighted by atomic mass is 9.85. The molecule has 1 aromatic rings. The molecule has 1 fully saturated rings. The number of carbonyl (C=O) groups is 4. The third-order valence-electron chi connectivity index (χ3n) is 4.42. The number of halogens is 1. The van der Waals surface area contributed by atoms with Gasteiger partial charge in [0, 0.05) is 10.0 Å². The van der Waals surface area contributed by atoms with Gasteiger partial charge in [0.1, 0.15) is 6.54 Å². The zero-order chi connectivity index (χ0) is 18.0. The highest BCUT2D eigenvalue weighted by atomic mass is 79.9. The molecular formula is C18H16BrNO5. The van der Waals surface area contributed by atoms with E-state index in [0.717, 1.165) is 9.37 Å². The number of benzene rings is 1. The Kier molecular flexibility index (Phi) is 5.13. The highest BCUT2D eigenvalue weighted by Gasteiger charge is 2.47. The summed E-state index contributed by atoms with van der Waals surface area (Å²) in [4.78, 5) is 49.4. The summed E-state index contributed by atoms with van der Waals surface area (Å²) in [6.45, 7) is -0.872. The Morgan fingerprint density at radius 2 is 1.60 bits per heavy atom. The van der Waals surface area contributed by atoms with E-state index in [0.29, 0.717) is 18.4 Å². The molecule has 130 valence electrons. The topological polar surface area (TPSA) is 80.8 Å². The van der Waals surface area contributed by atoms with Crippen molar-refractivity contribution in [3.63, 3.8) is 0 Å². The van der Waals surface area contributed by atoms with Gasteiger partial charge in [-0.1, -0.05) is 40.2 Å². The fourth-order valence-corrected chi connectivity index (χ4v) is 3.33. The SMILES string of the molecule is O=C(CN1C(=O)[C@@H]2CC=CC[C@H]2C1=O)OCC(=O)c1ccc(Br)cc1. The number of amides is 2. The van der Waals surface area contributed by atoms with E-state index >= 15 is 0 Å². The largest absolute Gasteiger partial charge is 0.456 e. The Labute approximate surface area is 152 Å². The summed E-state index contributed by atoms with van der Waals surface area (Å²) >= 11 is 3.27. The highest BCUT2D eigenvalue weighted by Crippen LogP contribution is 2.34. The minimum Gasteiger partial charge on any atom is -0.456 e. The average molecular weight is 406 g/mol. The average Bonchev–Trinajstić information content (AvgIpc) is 2.86. The second-order valence-electron chi connectivity index (χ2n) is 6.01. The van der Waals surface area contributed by atoms with Gasteiger partial charge in [0.15, 0.2) is 12.4 Å². The van der Waals surface area contributed by atoms with Crippen LogP contribution in [0.15, 0.2) is 40.9 Å². The van der Waals surface area contributed by atoms with Gasteiger partial charge in [0.25, 0.3) is 0 Å². The fraction of sp³-hybridized carbons (Fsp3) is 0.333. The molecule has 0 aromatic heterocycles. The predicted molar refractivity (Wildman–Crippen MR) is 91.5 cm³/mol. The van der Waals surface area contributed by atoms with Crippen LogP contribution in [0.1, 0.15) is 23.2 Å². The maximum Gasteiger partial charge on any atom is 0.326 e. The molecule has 1 saturated heterocycles. The highest BCUT2D eigenvalue weighted by molar-refractivity contribution is 9.10. The van der Waals surface area contributed by atoms with E-state index < -0.39 is 19.1 Å². The summed E-state index contributed by atoms with van der Waals surface area (Å²) in [7, 11) is 0. The van der Waals surface area contributed by atoms with Crippen LogP contribution in [0.5, 0.6) is 0 Å². The van der Waals surface area contributed by atoms with Crippen molar-refractivity contribution in [3.05, 3.63) is 46.5 Å². The molecule has 0 unspecified atom stereocenters. The third kappa shape index (κ3) is 3.71. The Balaban J connectivity index is 1.54. The van der Waals surface area contributed by atoms with Crippen LogP contribution in [0, 0.1) is 11.8 Å². The minimum atomic E-state index is -0.765. The summed E-state index contributed by atoms with van der Waals surface area (Å²) in [5.74, 6) is -2.55. The monoisotopic (exact) mass is 405 g/mol. The van der Waals surface area contributed by atoms with Gasteiger partial charge in [-0.2, -0.15) is 0 Å². The first kappa shape index (κ1) is 17.5. The van der Waals surface area contributed by atoms with E-state index in [1.807, 2.05) is 12.2 Å². The van der Waals surface area contributed by atoms with Gasteiger partial charge in [-0.15, -0.1) is 0 Å². The van der Waals surface area contributed by atoms with Crippen LogP contribution in [0.2, 0.25) is 0 Å². The number of carbonyl (C=O) groups excluding carboxylic acids is 4. The number of fused-ring (bicyclic) bond motifs is 1. The molecule has 0 bridgehead atoms. The summed E-state index contributed by atoms with van der Waals surface area (Å²) in [6.07, 6.45) is 4.79. The Bertz CT molecular complexity index is 729. The molecule has 0 N–H and O–H groups in total. The van der Waals surface area contributed by atoms with Gasteiger partial charge >= 0.3 is 5.97 Å². The lowest BCUT2D eigenvalue weighted by molar-refractivity contribution is -0.152. The molecular weight excluding hydrogens is 390 g/mol. The first-order valence-electron chi connectivity index (χ1n) is 7.92. The van der Waals surface area contributed by atoms with E-state index in [9.17, 15) is 19.2 Å².